The van der Waals surface area contributed by atoms with Gasteiger partial charge < -0.3 is 5.11 Å². The average Bonchev–Trinajstić information content (AvgIpc) is 2.62. The molecule has 4 nitrogen and oxygen atoms in total. The fourth-order valence-corrected chi connectivity index (χ4v) is 2.35. The second-order valence-corrected chi connectivity index (χ2v) is 4.12. The van der Waals surface area contributed by atoms with Gasteiger partial charge in [-0.15, -0.1) is 0 Å². The van der Waals surface area contributed by atoms with E-state index < -0.39 is 11.8 Å². The Balaban J connectivity index is 2.59. The maximum absolute atomic E-state index is 11.7. The van der Waals surface area contributed by atoms with Gasteiger partial charge in [-0.3, -0.25) is 14.9 Å². The van der Waals surface area contributed by atoms with E-state index in [1.165, 1.54) is 0 Å². The molecule has 1 heterocycles. The van der Waals surface area contributed by atoms with E-state index in [9.17, 15) is 14.7 Å². The van der Waals surface area contributed by atoms with Gasteiger partial charge in [-0.2, -0.15) is 0 Å². The monoisotopic (exact) mass is 247 g/mol. The van der Waals surface area contributed by atoms with Crippen LogP contribution in [0.25, 0.3) is 10.8 Å². The second kappa shape index (κ2) is 3.21. The van der Waals surface area contributed by atoms with Crippen LogP contribution in [0.4, 0.5) is 0 Å². The number of hydrogen-bond acceptors (Lipinski definition) is 3. The fraction of sp³-hybridized carbons (Fsp3) is 0. The molecule has 0 saturated carbocycles. The molecule has 0 saturated heterocycles. The number of nitrogens with one attached hydrogen (secondary N) is 1. The summed E-state index contributed by atoms with van der Waals surface area (Å²) in [6.45, 7) is 0. The number of halogens is 1. The zero-order valence-corrected chi connectivity index (χ0v) is 9.21. The third-order valence-electron chi connectivity index (χ3n) is 2.81. The van der Waals surface area contributed by atoms with Crippen molar-refractivity contribution in [1.29, 1.82) is 0 Å². The van der Waals surface area contributed by atoms with E-state index in [4.69, 9.17) is 11.6 Å². The first-order valence-corrected chi connectivity index (χ1v) is 5.28. The Morgan fingerprint density at radius 1 is 1.00 bits per heavy atom. The SMILES string of the molecule is O=C1NC(=O)c2c1c(Cl)c(O)c1ccccc21. The van der Waals surface area contributed by atoms with E-state index in [1.807, 2.05) is 0 Å². The minimum atomic E-state index is -0.573. The quantitative estimate of drug-likeness (QED) is 0.701. The highest BCUT2D eigenvalue weighted by Crippen LogP contribution is 2.40. The highest BCUT2D eigenvalue weighted by Gasteiger charge is 2.33. The van der Waals surface area contributed by atoms with Gasteiger partial charge in [0.05, 0.1) is 16.1 Å². The average molecular weight is 248 g/mol. The molecule has 2 amide bonds. The van der Waals surface area contributed by atoms with Crippen molar-refractivity contribution < 1.29 is 14.7 Å². The predicted octanol–water partition coefficient (Wildman–Crippen LogP) is 2.08. The summed E-state index contributed by atoms with van der Waals surface area (Å²) < 4.78 is 0. The summed E-state index contributed by atoms with van der Waals surface area (Å²) in [5.41, 5.74) is 0.279. The zero-order valence-electron chi connectivity index (χ0n) is 8.45. The normalized spacial score (nSPS) is 13.9. The highest BCUT2D eigenvalue weighted by atomic mass is 35.5. The molecular weight excluding hydrogens is 242 g/mol. The van der Waals surface area contributed by atoms with Crippen molar-refractivity contribution in [2.24, 2.45) is 0 Å². The van der Waals surface area contributed by atoms with Crippen LogP contribution in [0.5, 0.6) is 5.75 Å². The number of phenols is 1. The molecule has 0 bridgehead atoms. The van der Waals surface area contributed by atoms with Gasteiger partial charge in [-0.1, -0.05) is 35.9 Å². The number of fused-ring (bicyclic) bond motifs is 3. The highest BCUT2D eigenvalue weighted by molar-refractivity contribution is 6.41. The van der Waals surface area contributed by atoms with Crippen LogP contribution in [-0.4, -0.2) is 16.9 Å². The number of aromatic hydroxyl groups is 1. The van der Waals surface area contributed by atoms with Crippen LogP contribution >= 0.6 is 11.6 Å². The summed E-state index contributed by atoms with van der Waals surface area (Å²) in [6, 6.07) is 6.76. The maximum Gasteiger partial charge on any atom is 0.260 e. The Morgan fingerprint density at radius 2 is 1.59 bits per heavy atom. The van der Waals surface area contributed by atoms with Crippen LogP contribution in [0.1, 0.15) is 20.7 Å². The van der Waals surface area contributed by atoms with E-state index in [1.54, 1.807) is 24.3 Å². The maximum atomic E-state index is 11.7. The van der Waals surface area contributed by atoms with Gasteiger partial charge in [-0.25, -0.2) is 0 Å². The summed E-state index contributed by atoms with van der Waals surface area (Å²) in [7, 11) is 0. The number of carbonyl (C=O) groups excluding carboxylic acids is 2. The summed E-state index contributed by atoms with van der Waals surface area (Å²) in [5, 5.41) is 13.0. The van der Waals surface area contributed by atoms with E-state index in [2.05, 4.69) is 5.32 Å². The van der Waals surface area contributed by atoms with Crippen LogP contribution in [0, 0.1) is 0 Å². The molecule has 2 aromatic rings. The van der Waals surface area contributed by atoms with Crippen molar-refractivity contribution in [2.45, 2.75) is 0 Å². The number of rotatable bonds is 0. The van der Waals surface area contributed by atoms with Crippen molar-refractivity contribution >= 4 is 34.2 Å². The number of amides is 2. The molecule has 84 valence electrons. The van der Waals surface area contributed by atoms with Gasteiger partial charge >= 0.3 is 0 Å². The van der Waals surface area contributed by atoms with Gasteiger partial charge in [0, 0.05) is 5.39 Å². The van der Waals surface area contributed by atoms with Crippen LogP contribution in [-0.2, 0) is 0 Å². The fourth-order valence-electron chi connectivity index (χ4n) is 2.07. The van der Waals surface area contributed by atoms with Crippen molar-refractivity contribution in [3.05, 3.63) is 40.4 Å². The lowest BCUT2D eigenvalue weighted by atomic mass is 9.99. The molecule has 0 aromatic heterocycles. The topological polar surface area (TPSA) is 66.4 Å². The van der Waals surface area contributed by atoms with Crippen molar-refractivity contribution in [3.8, 4) is 5.75 Å². The summed E-state index contributed by atoms with van der Waals surface area (Å²) in [4.78, 5) is 23.2. The molecule has 0 spiro atoms. The van der Waals surface area contributed by atoms with E-state index >= 15 is 0 Å². The molecule has 5 heteroatoms. The number of hydrogen-bond donors (Lipinski definition) is 2. The summed E-state index contributed by atoms with van der Waals surface area (Å²) in [6.07, 6.45) is 0. The Morgan fingerprint density at radius 3 is 2.29 bits per heavy atom. The van der Waals surface area contributed by atoms with E-state index in [0.29, 0.717) is 10.8 Å². The molecule has 1 aliphatic rings. The third-order valence-corrected chi connectivity index (χ3v) is 3.18. The van der Waals surface area contributed by atoms with Crippen molar-refractivity contribution in [3.63, 3.8) is 0 Å². The molecule has 3 rings (SSSR count). The van der Waals surface area contributed by atoms with Crippen molar-refractivity contribution in [2.75, 3.05) is 0 Å². The number of carbonyl (C=O) groups is 2. The minimum Gasteiger partial charge on any atom is -0.506 e. The first kappa shape index (κ1) is 10.1. The zero-order chi connectivity index (χ0) is 12.2. The number of phenolic OH excluding ortho intramolecular Hbond substituents is 1. The Hall–Kier alpha value is -2.07. The first-order valence-electron chi connectivity index (χ1n) is 4.90. The van der Waals surface area contributed by atoms with Gasteiger partial charge in [0.25, 0.3) is 11.8 Å². The molecule has 0 fully saturated rings. The van der Waals surface area contributed by atoms with Gasteiger partial charge in [0.15, 0.2) is 0 Å². The molecule has 2 aromatic carbocycles. The smallest absolute Gasteiger partial charge is 0.260 e. The van der Waals surface area contributed by atoms with Crippen LogP contribution in [0.3, 0.4) is 0 Å². The summed E-state index contributed by atoms with van der Waals surface area (Å²) >= 11 is 5.91. The van der Waals surface area contributed by atoms with Gasteiger partial charge in [-0.05, 0) is 5.39 Å². The first-order chi connectivity index (χ1) is 8.11. The lowest BCUT2D eigenvalue weighted by molar-refractivity contribution is 0.0880. The second-order valence-electron chi connectivity index (χ2n) is 3.74. The molecule has 17 heavy (non-hydrogen) atoms. The Bertz CT molecular complexity index is 694. The standard InChI is InChI=1S/C12H6ClNO3/c13-9-8-7(11(16)14-12(8)17)5-3-1-2-4-6(5)10(9)15/h1-4,15H,(H,14,16,17). The molecule has 0 atom stereocenters. The lowest BCUT2D eigenvalue weighted by Gasteiger charge is -2.07. The molecule has 0 aliphatic carbocycles. The van der Waals surface area contributed by atoms with E-state index in [-0.39, 0.29) is 21.9 Å². The largest absolute Gasteiger partial charge is 0.506 e. The molecule has 0 unspecified atom stereocenters. The van der Waals surface area contributed by atoms with Gasteiger partial charge in [0.1, 0.15) is 5.75 Å². The van der Waals surface area contributed by atoms with Crippen LogP contribution < -0.4 is 5.32 Å². The van der Waals surface area contributed by atoms with Crippen molar-refractivity contribution in [1.82, 2.24) is 5.32 Å². The number of benzene rings is 2. The van der Waals surface area contributed by atoms with Crippen LogP contribution in [0.15, 0.2) is 24.3 Å². The third kappa shape index (κ3) is 1.18. The molecule has 1 aliphatic heterocycles. The Kier molecular flexibility index (Phi) is 1.91. The number of imide groups is 1. The predicted molar refractivity (Wildman–Crippen MR) is 62.4 cm³/mol. The molecular formula is C12H6ClNO3. The van der Waals surface area contributed by atoms with Gasteiger partial charge in [0.2, 0.25) is 0 Å². The molecule has 0 radical (unpaired) electrons. The van der Waals surface area contributed by atoms with E-state index in [0.717, 1.165) is 0 Å². The minimum absolute atomic E-state index is 0.0490. The van der Waals surface area contributed by atoms with Crippen LogP contribution in [0.2, 0.25) is 5.02 Å². The lowest BCUT2D eigenvalue weighted by Crippen LogP contribution is -2.20. The summed E-state index contributed by atoms with van der Waals surface area (Å²) in [5.74, 6) is -1.23. The molecule has 2 N–H and O–H groups in total. The Labute approximate surface area is 101 Å².